The molecule has 0 aromatic heterocycles. The van der Waals surface area contributed by atoms with Gasteiger partial charge >= 0.3 is 0 Å². The molecule has 2 atom stereocenters. The number of halogens is 2. The van der Waals surface area contributed by atoms with Crippen molar-refractivity contribution in [2.45, 2.75) is 25.8 Å². The van der Waals surface area contributed by atoms with E-state index in [-0.39, 0.29) is 11.9 Å². The molecule has 106 valence electrons. The van der Waals surface area contributed by atoms with Crippen LogP contribution in [0.4, 0.5) is 4.39 Å². The molecule has 1 fully saturated rings. The highest BCUT2D eigenvalue weighted by Gasteiger charge is 2.35. The van der Waals surface area contributed by atoms with Crippen molar-refractivity contribution >= 4 is 11.6 Å². The van der Waals surface area contributed by atoms with E-state index >= 15 is 0 Å². The molecule has 1 aromatic carbocycles. The maximum absolute atomic E-state index is 14.1. The molecule has 0 bridgehead atoms. The first-order valence-electron chi connectivity index (χ1n) is 7.00. The molecule has 2 nitrogen and oxygen atoms in total. The Morgan fingerprint density at radius 1 is 1.47 bits per heavy atom. The predicted octanol–water partition coefficient (Wildman–Crippen LogP) is 3.47. The molecule has 0 radical (unpaired) electrons. The molecular formula is C15H22ClFN2. The number of rotatable bonds is 5. The largest absolute Gasteiger partial charge is 0.316 e. The Hall–Kier alpha value is -0.640. The topological polar surface area (TPSA) is 15.3 Å². The van der Waals surface area contributed by atoms with Crippen molar-refractivity contribution in [1.29, 1.82) is 0 Å². The van der Waals surface area contributed by atoms with Crippen LogP contribution in [0.3, 0.4) is 0 Å². The van der Waals surface area contributed by atoms with E-state index in [2.05, 4.69) is 17.1 Å². The quantitative estimate of drug-likeness (QED) is 0.833. The molecule has 0 spiro atoms. The third-order valence-corrected chi connectivity index (χ3v) is 4.23. The number of hydrogen-bond donors (Lipinski definition) is 1. The molecule has 1 aliphatic heterocycles. The summed E-state index contributed by atoms with van der Waals surface area (Å²) >= 11 is 6.21. The zero-order valence-electron chi connectivity index (χ0n) is 11.6. The average molecular weight is 285 g/mol. The molecule has 2 rings (SSSR count). The highest BCUT2D eigenvalue weighted by atomic mass is 35.5. The smallest absolute Gasteiger partial charge is 0.129 e. The zero-order valence-corrected chi connectivity index (χ0v) is 12.4. The van der Waals surface area contributed by atoms with Crippen LogP contribution in [0.2, 0.25) is 5.02 Å². The average Bonchev–Trinajstić information content (AvgIpc) is 2.72. The highest BCUT2D eigenvalue weighted by molar-refractivity contribution is 6.31. The van der Waals surface area contributed by atoms with Crippen LogP contribution in [0.15, 0.2) is 18.2 Å². The molecule has 1 saturated heterocycles. The lowest BCUT2D eigenvalue weighted by atomic mass is 9.93. The van der Waals surface area contributed by atoms with Crippen molar-refractivity contribution < 1.29 is 4.39 Å². The van der Waals surface area contributed by atoms with Gasteiger partial charge in [0.2, 0.25) is 0 Å². The molecule has 0 amide bonds. The molecule has 4 heteroatoms. The van der Waals surface area contributed by atoms with Gasteiger partial charge in [0.25, 0.3) is 0 Å². The van der Waals surface area contributed by atoms with Crippen LogP contribution in [0, 0.1) is 11.7 Å². The van der Waals surface area contributed by atoms with Gasteiger partial charge in [-0.3, -0.25) is 4.90 Å². The Bertz CT molecular complexity index is 404. The SMILES string of the molecule is CCCNCC1CCN(C)C1c1c(F)cccc1Cl. The first kappa shape index (κ1) is 14.8. The van der Waals surface area contributed by atoms with E-state index in [0.29, 0.717) is 16.5 Å². The van der Waals surface area contributed by atoms with E-state index in [1.807, 2.05) is 7.05 Å². The molecule has 0 saturated carbocycles. The second-order valence-corrected chi connectivity index (χ2v) is 5.72. The van der Waals surface area contributed by atoms with Gasteiger partial charge in [0.15, 0.2) is 0 Å². The second kappa shape index (κ2) is 6.69. The van der Waals surface area contributed by atoms with Crippen LogP contribution in [-0.4, -0.2) is 31.6 Å². The number of nitrogens with one attached hydrogen (secondary N) is 1. The van der Waals surface area contributed by atoms with Gasteiger partial charge in [-0.25, -0.2) is 4.39 Å². The Balaban J connectivity index is 2.19. The van der Waals surface area contributed by atoms with Crippen molar-refractivity contribution in [2.75, 3.05) is 26.7 Å². The molecule has 19 heavy (non-hydrogen) atoms. The normalized spacial score (nSPS) is 24.0. The van der Waals surface area contributed by atoms with Gasteiger partial charge in [-0.1, -0.05) is 24.6 Å². The molecule has 1 aliphatic rings. The fraction of sp³-hybridized carbons (Fsp3) is 0.600. The van der Waals surface area contributed by atoms with Crippen molar-refractivity contribution in [1.82, 2.24) is 10.2 Å². The Morgan fingerprint density at radius 3 is 2.95 bits per heavy atom. The van der Waals surface area contributed by atoms with Gasteiger partial charge in [-0.15, -0.1) is 0 Å². The lowest BCUT2D eigenvalue weighted by Gasteiger charge is -2.27. The number of likely N-dealkylation sites (tertiary alicyclic amines) is 1. The van der Waals surface area contributed by atoms with E-state index in [1.165, 1.54) is 6.07 Å². The third kappa shape index (κ3) is 3.28. The van der Waals surface area contributed by atoms with Crippen LogP contribution < -0.4 is 5.32 Å². The van der Waals surface area contributed by atoms with Crippen LogP contribution in [0.25, 0.3) is 0 Å². The molecule has 1 N–H and O–H groups in total. The number of benzene rings is 1. The first-order valence-corrected chi connectivity index (χ1v) is 7.37. The predicted molar refractivity (Wildman–Crippen MR) is 78.0 cm³/mol. The summed E-state index contributed by atoms with van der Waals surface area (Å²) in [5.74, 6) is 0.234. The Labute approximate surface area is 119 Å². The van der Waals surface area contributed by atoms with E-state index in [0.717, 1.165) is 32.5 Å². The van der Waals surface area contributed by atoms with Gasteiger partial charge in [0, 0.05) is 16.6 Å². The molecule has 0 aliphatic carbocycles. The lowest BCUT2D eigenvalue weighted by Crippen LogP contribution is -2.29. The summed E-state index contributed by atoms with van der Waals surface area (Å²) in [5.41, 5.74) is 0.660. The number of hydrogen-bond acceptors (Lipinski definition) is 2. The highest BCUT2D eigenvalue weighted by Crippen LogP contribution is 2.40. The summed E-state index contributed by atoms with van der Waals surface area (Å²) in [6.45, 7) is 5.08. The fourth-order valence-corrected chi connectivity index (χ4v) is 3.23. The summed E-state index contributed by atoms with van der Waals surface area (Å²) in [7, 11) is 2.05. The van der Waals surface area contributed by atoms with Gasteiger partial charge in [0.05, 0.1) is 0 Å². The van der Waals surface area contributed by atoms with Crippen molar-refractivity contribution in [2.24, 2.45) is 5.92 Å². The maximum Gasteiger partial charge on any atom is 0.129 e. The summed E-state index contributed by atoms with van der Waals surface area (Å²) in [6.07, 6.45) is 2.20. The van der Waals surface area contributed by atoms with Crippen LogP contribution in [0.1, 0.15) is 31.4 Å². The van der Waals surface area contributed by atoms with Crippen molar-refractivity contribution in [3.63, 3.8) is 0 Å². The van der Waals surface area contributed by atoms with Gasteiger partial charge < -0.3 is 5.32 Å². The van der Waals surface area contributed by atoms with Crippen molar-refractivity contribution in [3.05, 3.63) is 34.6 Å². The monoisotopic (exact) mass is 284 g/mol. The van der Waals surface area contributed by atoms with E-state index in [9.17, 15) is 4.39 Å². The van der Waals surface area contributed by atoms with Crippen LogP contribution >= 0.6 is 11.6 Å². The minimum absolute atomic E-state index is 0.0815. The second-order valence-electron chi connectivity index (χ2n) is 5.31. The summed E-state index contributed by atoms with van der Waals surface area (Å²) in [4.78, 5) is 2.21. The Kier molecular flexibility index (Phi) is 5.20. The lowest BCUT2D eigenvalue weighted by molar-refractivity contribution is 0.265. The molecule has 1 aromatic rings. The third-order valence-electron chi connectivity index (χ3n) is 3.90. The maximum atomic E-state index is 14.1. The van der Waals surface area contributed by atoms with Crippen LogP contribution in [0.5, 0.6) is 0 Å². The van der Waals surface area contributed by atoms with E-state index in [4.69, 9.17) is 11.6 Å². The number of nitrogens with zero attached hydrogens (tertiary/aromatic N) is 1. The Morgan fingerprint density at radius 2 is 2.26 bits per heavy atom. The van der Waals surface area contributed by atoms with Gasteiger partial charge in [-0.2, -0.15) is 0 Å². The summed E-state index contributed by atoms with van der Waals surface area (Å²) < 4.78 is 14.1. The minimum Gasteiger partial charge on any atom is -0.316 e. The summed E-state index contributed by atoms with van der Waals surface area (Å²) in [5, 5.41) is 3.98. The van der Waals surface area contributed by atoms with Gasteiger partial charge in [0.1, 0.15) is 5.82 Å². The molecule has 1 heterocycles. The molecular weight excluding hydrogens is 263 g/mol. The minimum atomic E-state index is -0.188. The fourth-order valence-electron chi connectivity index (χ4n) is 2.95. The van der Waals surface area contributed by atoms with Crippen LogP contribution in [-0.2, 0) is 0 Å². The zero-order chi connectivity index (χ0) is 13.8. The van der Waals surface area contributed by atoms with E-state index in [1.54, 1.807) is 12.1 Å². The summed E-state index contributed by atoms with van der Waals surface area (Å²) in [6, 6.07) is 5.03. The standard InChI is InChI=1S/C15H22ClFN2/c1-3-8-18-10-11-7-9-19(2)15(11)14-12(16)5-4-6-13(14)17/h4-6,11,15,18H,3,7-10H2,1-2H3. The van der Waals surface area contributed by atoms with E-state index < -0.39 is 0 Å². The van der Waals surface area contributed by atoms with Crippen molar-refractivity contribution in [3.8, 4) is 0 Å². The molecule has 2 unspecified atom stereocenters. The first-order chi connectivity index (χ1) is 9.15. The van der Waals surface area contributed by atoms with Gasteiger partial charge in [-0.05, 0) is 57.6 Å².